The van der Waals surface area contributed by atoms with Crippen LogP contribution in [0.3, 0.4) is 0 Å². The quantitative estimate of drug-likeness (QED) is 0.807. The zero-order valence-electron chi connectivity index (χ0n) is 16.7. The lowest BCUT2D eigenvalue weighted by atomic mass is 9.86. The van der Waals surface area contributed by atoms with E-state index in [1.54, 1.807) is 7.11 Å². The lowest BCUT2D eigenvalue weighted by Gasteiger charge is -2.49. The Morgan fingerprint density at radius 3 is 2.70 bits per heavy atom. The van der Waals surface area contributed by atoms with Crippen LogP contribution in [0.2, 0.25) is 0 Å². The Hall–Kier alpha value is -2.08. The van der Waals surface area contributed by atoms with E-state index < -0.39 is 0 Å². The Bertz CT molecular complexity index is 693. The van der Waals surface area contributed by atoms with Crippen molar-refractivity contribution < 1.29 is 14.3 Å². The predicted octanol–water partition coefficient (Wildman–Crippen LogP) is 1.78. The van der Waals surface area contributed by atoms with Crippen LogP contribution in [0.1, 0.15) is 31.7 Å². The third-order valence-corrected chi connectivity index (χ3v) is 6.27. The predicted molar refractivity (Wildman–Crippen MR) is 105 cm³/mol. The van der Waals surface area contributed by atoms with Gasteiger partial charge >= 0.3 is 0 Å². The molecule has 2 saturated heterocycles. The molecule has 1 aromatic rings. The minimum Gasteiger partial charge on any atom is -0.496 e. The molecule has 1 atom stereocenters. The second-order valence-electron chi connectivity index (χ2n) is 7.67. The Labute approximate surface area is 162 Å². The fraction of sp³-hybridized carbons (Fsp3) is 0.619. The maximum atomic E-state index is 13.0. The van der Waals surface area contributed by atoms with Crippen molar-refractivity contribution in [1.82, 2.24) is 14.7 Å². The van der Waals surface area contributed by atoms with Crippen LogP contribution < -0.4 is 4.74 Å². The lowest BCUT2D eigenvalue weighted by Crippen LogP contribution is -2.62. The van der Waals surface area contributed by atoms with E-state index in [1.165, 1.54) is 0 Å². The van der Waals surface area contributed by atoms with Crippen molar-refractivity contribution in [2.24, 2.45) is 0 Å². The molecule has 1 unspecified atom stereocenters. The van der Waals surface area contributed by atoms with Gasteiger partial charge in [0.2, 0.25) is 11.8 Å². The smallest absolute Gasteiger partial charge is 0.227 e. The van der Waals surface area contributed by atoms with Crippen LogP contribution in [0.25, 0.3) is 0 Å². The van der Waals surface area contributed by atoms with Gasteiger partial charge in [-0.1, -0.05) is 18.2 Å². The summed E-state index contributed by atoms with van der Waals surface area (Å²) < 4.78 is 5.39. The molecule has 2 aliphatic heterocycles. The van der Waals surface area contributed by atoms with Crippen molar-refractivity contribution in [3.05, 3.63) is 29.8 Å². The van der Waals surface area contributed by atoms with Gasteiger partial charge < -0.3 is 14.5 Å². The number of para-hydroxylation sites is 1. The molecule has 148 valence electrons. The summed E-state index contributed by atoms with van der Waals surface area (Å²) in [5, 5.41) is 0. The van der Waals surface area contributed by atoms with Crippen LogP contribution in [0.5, 0.6) is 5.75 Å². The number of methoxy groups -OCH3 is 1. The molecule has 1 spiro atoms. The van der Waals surface area contributed by atoms with Crippen molar-refractivity contribution in [1.29, 1.82) is 0 Å². The number of piperazine rings is 1. The van der Waals surface area contributed by atoms with Crippen molar-refractivity contribution in [2.45, 2.75) is 38.1 Å². The van der Waals surface area contributed by atoms with Gasteiger partial charge in [0.1, 0.15) is 5.75 Å². The van der Waals surface area contributed by atoms with Gasteiger partial charge in [-0.15, -0.1) is 0 Å². The first-order valence-corrected chi connectivity index (χ1v) is 9.88. The van der Waals surface area contributed by atoms with Crippen LogP contribution in [-0.4, -0.2) is 78.9 Å². The molecule has 1 aromatic carbocycles. The van der Waals surface area contributed by atoms with E-state index in [1.807, 2.05) is 41.0 Å². The minimum absolute atomic E-state index is 0.103. The van der Waals surface area contributed by atoms with Gasteiger partial charge in [-0.05, 0) is 32.9 Å². The molecule has 0 radical (unpaired) electrons. The summed E-state index contributed by atoms with van der Waals surface area (Å²) in [5.74, 6) is 1.13. The van der Waals surface area contributed by atoms with E-state index in [2.05, 4.69) is 11.9 Å². The van der Waals surface area contributed by atoms with Crippen LogP contribution in [0, 0.1) is 0 Å². The third-order valence-electron chi connectivity index (χ3n) is 6.27. The van der Waals surface area contributed by atoms with Crippen molar-refractivity contribution in [3.63, 3.8) is 0 Å². The summed E-state index contributed by atoms with van der Waals surface area (Å²) in [6.07, 6.45) is 2.65. The average Bonchev–Trinajstić information content (AvgIpc) is 2.84. The van der Waals surface area contributed by atoms with E-state index >= 15 is 0 Å². The number of carbonyl (C=O) groups is 2. The van der Waals surface area contributed by atoms with Crippen LogP contribution >= 0.6 is 0 Å². The normalized spacial score (nSPS) is 24.2. The number of nitrogens with zero attached hydrogens (tertiary/aromatic N) is 3. The zero-order chi connectivity index (χ0) is 19.4. The second kappa shape index (κ2) is 8.30. The fourth-order valence-electron chi connectivity index (χ4n) is 4.36. The van der Waals surface area contributed by atoms with Gasteiger partial charge in [0.15, 0.2) is 0 Å². The first-order chi connectivity index (χ1) is 13.0. The number of likely N-dealkylation sites (N-methyl/N-ethyl adjacent to an activating group) is 1. The Morgan fingerprint density at radius 1 is 1.19 bits per heavy atom. The van der Waals surface area contributed by atoms with Crippen LogP contribution in [0.15, 0.2) is 24.3 Å². The monoisotopic (exact) mass is 373 g/mol. The van der Waals surface area contributed by atoms with Gasteiger partial charge in [-0.25, -0.2) is 0 Å². The maximum absolute atomic E-state index is 13.0. The number of carbonyl (C=O) groups excluding carboxylic acids is 2. The largest absolute Gasteiger partial charge is 0.496 e. The first kappa shape index (κ1) is 19.7. The number of hydrogen-bond donors (Lipinski definition) is 0. The van der Waals surface area contributed by atoms with E-state index in [-0.39, 0.29) is 17.4 Å². The highest BCUT2D eigenvalue weighted by atomic mass is 16.5. The number of benzene rings is 1. The number of rotatable bonds is 4. The molecule has 2 amide bonds. The lowest BCUT2D eigenvalue weighted by molar-refractivity contribution is -0.136. The third kappa shape index (κ3) is 4.10. The highest BCUT2D eigenvalue weighted by molar-refractivity contribution is 5.80. The Balaban J connectivity index is 1.72. The molecule has 0 saturated carbocycles. The number of amides is 2. The van der Waals surface area contributed by atoms with Crippen molar-refractivity contribution >= 4 is 11.8 Å². The molecule has 2 heterocycles. The van der Waals surface area contributed by atoms with Crippen molar-refractivity contribution in [3.8, 4) is 5.75 Å². The Morgan fingerprint density at radius 2 is 1.96 bits per heavy atom. The summed E-state index contributed by atoms with van der Waals surface area (Å²) >= 11 is 0. The van der Waals surface area contributed by atoms with Gasteiger partial charge in [0.25, 0.3) is 0 Å². The second-order valence-corrected chi connectivity index (χ2v) is 7.67. The summed E-state index contributed by atoms with van der Waals surface area (Å²) in [6.45, 7) is 5.84. The standard InChI is InChI=1S/C21H31N3O3/c1-4-23-12-11-21(10-9-19(23)25)16-24(14-13-22(21)2)20(26)15-17-7-5-6-8-18(17)27-3/h5-8H,4,9-16H2,1-3H3. The molecule has 0 N–H and O–H groups in total. The van der Waals surface area contributed by atoms with E-state index in [0.717, 1.165) is 50.3 Å². The molecule has 0 aromatic heterocycles. The van der Waals surface area contributed by atoms with Gasteiger partial charge in [0.05, 0.1) is 13.5 Å². The topological polar surface area (TPSA) is 53.1 Å². The summed E-state index contributed by atoms with van der Waals surface area (Å²) in [7, 11) is 3.77. The minimum atomic E-state index is -0.103. The highest BCUT2D eigenvalue weighted by Gasteiger charge is 2.43. The number of likely N-dealkylation sites (tertiary alicyclic amines) is 1. The molecular formula is C21H31N3O3. The summed E-state index contributed by atoms with van der Waals surface area (Å²) in [5.41, 5.74) is 0.819. The van der Waals surface area contributed by atoms with Gasteiger partial charge in [-0.2, -0.15) is 0 Å². The molecule has 2 fully saturated rings. The van der Waals surface area contributed by atoms with Gasteiger partial charge in [-0.3, -0.25) is 14.5 Å². The van der Waals surface area contributed by atoms with Crippen LogP contribution in [0.4, 0.5) is 0 Å². The van der Waals surface area contributed by atoms with E-state index in [4.69, 9.17) is 4.74 Å². The molecule has 3 rings (SSSR count). The Kier molecular flexibility index (Phi) is 6.05. The fourth-order valence-corrected chi connectivity index (χ4v) is 4.36. The van der Waals surface area contributed by atoms with E-state index in [9.17, 15) is 9.59 Å². The molecule has 2 aliphatic rings. The number of ether oxygens (including phenoxy) is 1. The molecule has 6 nitrogen and oxygen atoms in total. The SMILES string of the molecule is CCN1CCC2(CCC1=O)CN(C(=O)Cc1ccccc1OC)CCN2C. The van der Waals surface area contributed by atoms with E-state index in [0.29, 0.717) is 19.4 Å². The molecular weight excluding hydrogens is 342 g/mol. The zero-order valence-corrected chi connectivity index (χ0v) is 16.7. The summed E-state index contributed by atoms with van der Waals surface area (Å²) in [6, 6.07) is 7.70. The molecule has 0 bridgehead atoms. The maximum Gasteiger partial charge on any atom is 0.227 e. The average molecular weight is 373 g/mol. The highest BCUT2D eigenvalue weighted by Crippen LogP contribution is 2.32. The first-order valence-electron chi connectivity index (χ1n) is 9.88. The number of hydrogen-bond acceptors (Lipinski definition) is 4. The summed E-state index contributed by atoms with van der Waals surface area (Å²) in [4.78, 5) is 31.6. The van der Waals surface area contributed by atoms with Crippen LogP contribution in [-0.2, 0) is 16.0 Å². The van der Waals surface area contributed by atoms with Gasteiger partial charge in [0, 0.05) is 50.2 Å². The molecule has 27 heavy (non-hydrogen) atoms. The molecule has 0 aliphatic carbocycles. The van der Waals surface area contributed by atoms with Crippen molar-refractivity contribution in [2.75, 3.05) is 46.9 Å². The molecule has 6 heteroatoms.